The molecule has 0 atom stereocenters. The molecule has 0 aliphatic rings. The van der Waals surface area contributed by atoms with Gasteiger partial charge >= 0.3 is 126 Å². The Kier molecular flexibility index (Phi) is 14.6. The van der Waals surface area contributed by atoms with Crippen LogP contribution in [0.2, 0.25) is 17.3 Å². The number of fused-ring (bicyclic) bond motifs is 2. The number of imidazole rings is 1. The van der Waals surface area contributed by atoms with E-state index in [-0.39, 0.29) is 20.1 Å². The topological polar surface area (TPSA) is 43.9 Å². The Morgan fingerprint density at radius 2 is 1.43 bits per heavy atom. The van der Waals surface area contributed by atoms with E-state index in [1.165, 1.54) is 39.1 Å². The molecule has 0 fully saturated rings. The Morgan fingerprint density at radius 3 is 2.07 bits per heavy atom. The second-order valence-corrected chi connectivity index (χ2v) is 28.5. The fourth-order valence-corrected chi connectivity index (χ4v) is 11.5. The van der Waals surface area contributed by atoms with E-state index in [4.69, 9.17) is 14.4 Å². The Hall–Kier alpha value is -4.55. The molecule has 6 heteroatoms. The molecule has 1 radical (unpaired) electrons. The number of aryl methyl sites for hydroxylation is 1. The molecule has 0 amide bonds. The maximum atomic E-state index is 5.98. The van der Waals surface area contributed by atoms with Gasteiger partial charge in [-0.05, 0) is 64.8 Å². The van der Waals surface area contributed by atoms with Gasteiger partial charge in [0, 0.05) is 37.6 Å². The fourth-order valence-electron chi connectivity index (χ4n) is 8.15. The summed E-state index contributed by atoms with van der Waals surface area (Å²) < 4.78 is 9.88. The van der Waals surface area contributed by atoms with Gasteiger partial charge in [0.1, 0.15) is 0 Å². The van der Waals surface area contributed by atoms with E-state index in [0.29, 0.717) is 17.8 Å². The molecule has 0 N–H and O–H groups in total. The number of hydrogen-bond acceptors (Lipinski definition) is 3. The van der Waals surface area contributed by atoms with Gasteiger partial charge < -0.3 is 8.98 Å². The van der Waals surface area contributed by atoms with Crippen molar-refractivity contribution in [2.75, 3.05) is 0 Å². The molecule has 0 aliphatic heterocycles. The number of benzene rings is 5. The van der Waals surface area contributed by atoms with Crippen molar-refractivity contribution in [2.45, 2.75) is 96.8 Å². The Bertz CT molecular complexity index is 2640. The zero-order valence-electron chi connectivity index (χ0n) is 37.0. The van der Waals surface area contributed by atoms with Gasteiger partial charge in [0.15, 0.2) is 0 Å². The molecule has 311 valence electrons. The van der Waals surface area contributed by atoms with Gasteiger partial charge in [0.2, 0.25) is 0 Å². The SMILES string of the molecule is CC(C)Cc1cc(-c2[c-]cccc2)nc[c]1[Ge]([CH3])([CH3])[CH3].CCCc1ccc2o[c-]c(-c3nc4ccccc4n3-c3c(C(C)C)cc(-c4ccccc4)cc3C(C)C)c2c1.[Ir]. The van der Waals surface area contributed by atoms with Gasteiger partial charge in [-0.2, -0.15) is 0 Å². The summed E-state index contributed by atoms with van der Waals surface area (Å²) in [7, 11) is 0. The summed E-state index contributed by atoms with van der Waals surface area (Å²) in [6.07, 6.45) is 8.65. The maximum absolute atomic E-state index is 5.98. The first-order chi connectivity index (χ1) is 28.3. The molecule has 60 heavy (non-hydrogen) atoms. The minimum absolute atomic E-state index is 0. The van der Waals surface area contributed by atoms with Crippen LogP contribution in [0.25, 0.3) is 61.5 Å². The van der Waals surface area contributed by atoms with Gasteiger partial charge in [-0.15, -0.1) is 0 Å². The van der Waals surface area contributed by atoms with Crippen LogP contribution in [-0.4, -0.2) is 27.8 Å². The first-order valence-corrected chi connectivity index (χ1v) is 28.8. The third kappa shape index (κ3) is 9.81. The molecule has 5 aromatic carbocycles. The van der Waals surface area contributed by atoms with Crippen molar-refractivity contribution < 1.29 is 24.5 Å². The van der Waals surface area contributed by atoms with Crippen LogP contribution in [0.5, 0.6) is 0 Å². The Labute approximate surface area is 374 Å². The summed E-state index contributed by atoms with van der Waals surface area (Å²) in [6.45, 7) is 15.9. The van der Waals surface area contributed by atoms with Crippen molar-refractivity contribution in [1.29, 1.82) is 0 Å². The second kappa shape index (κ2) is 19.4. The summed E-state index contributed by atoms with van der Waals surface area (Å²) in [4.78, 5) is 9.91. The normalized spacial score (nSPS) is 11.7. The van der Waals surface area contributed by atoms with Gasteiger partial charge in [-0.3, -0.25) is 4.98 Å². The van der Waals surface area contributed by atoms with Crippen molar-refractivity contribution >= 4 is 39.7 Å². The predicted molar refractivity (Wildman–Crippen MR) is 253 cm³/mol. The Morgan fingerprint density at radius 1 is 0.750 bits per heavy atom. The van der Waals surface area contributed by atoms with E-state index >= 15 is 0 Å². The minimum Gasteiger partial charge on any atom is -0.557 e. The molecule has 4 nitrogen and oxygen atoms in total. The van der Waals surface area contributed by atoms with Crippen molar-refractivity contribution in [3.8, 4) is 39.5 Å². The molecule has 8 rings (SSSR count). The van der Waals surface area contributed by atoms with Crippen molar-refractivity contribution in [3.05, 3.63) is 156 Å². The van der Waals surface area contributed by atoms with Crippen LogP contribution in [-0.2, 0) is 32.9 Å². The van der Waals surface area contributed by atoms with Crippen LogP contribution in [0, 0.1) is 18.2 Å². The Balaban J connectivity index is 0.000000243. The molecule has 0 saturated carbocycles. The smallest absolute Gasteiger partial charge is 0.0774 e. The monoisotopic (exact) mass is 1030 g/mol. The first-order valence-electron chi connectivity index (χ1n) is 21.4. The summed E-state index contributed by atoms with van der Waals surface area (Å²) in [5.74, 6) is 9.50. The molecule has 3 heterocycles. The average molecular weight is 1030 g/mol. The number of furan rings is 1. The van der Waals surface area contributed by atoms with E-state index in [9.17, 15) is 0 Å². The number of nitrogens with zero attached hydrogens (tertiary/aromatic N) is 3. The standard InChI is InChI=1S/C36H35N2O.C18H24GeN.Ir/c1-6-12-25-17-18-34-30(19-25)31(22-39-34)36-37-32-15-10-11-16-33(32)38(36)35-28(23(2)3)20-27(21-29(35)24(4)5)26-13-8-7-9-14-26;1-14(2)11-16-12-18(15-9-7-6-8-10-15)20-13-17(16)19(3,4)5;/h7-11,13-21,23-24H,6,12H2,1-5H3;6-9,12-14H,11H2,1-5H3;/q2*-1;. The summed E-state index contributed by atoms with van der Waals surface area (Å²) in [6, 6.07) is 44.0. The molecule has 0 unspecified atom stereocenters. The van der Waals surface area contributed by atoms with Crippen LogP contribution in [0.15, 0.2) is 126 Å². The van der Waals surface area contributed by atoms with E-state index in [1.807, 2.05) is 18.2 Å². The zero-order valence-corrected chi connectivity index (χ0v) is 41.5. The third-order valence-corrected chi connectivity index (χ3v) is 15.4. The van der Waals surface area contributed by atoms with Crippen molar-refractivity contribution in [2.24, 2.45) is 5.92 Å². The molecule has 0 spiro atoms. The van der Waals surface area contributed by atoms with Crippen LogP contribution in [0.4, 0.5) is 0 Å². The van der Waals surface area contributed by atoms with E-state index in [1.54, 1.807) is 4.40 Å². The molecule has 0 bridgehead atoms. The van der Waals surface area contributed by atoms with Gasteiger partial charge in [0.05, 0.1) is 16.9 Å². The number of pyridine rings is 1. The molecule has 0 saturated heterocycles. The molecule has 3 aromatic heterocycles. The molecule has 0 aliphatic carbocycles. The van der Waals surface area contributed by atoms with Crippen LogP contribution in [0.3, 0.4) is 0 Å². The molecular formula is C54H59GeIrN3O-2. The quantitative estimate of drug-likeness (QED) is 0.0958. The molecule has 8 aromatic rings. The fraction of sp³-hybridized carbons (Fsp3) is 0.296. The van der Waals surface area contributed by atoms with Gasteiger partial charge in [0.25, 0.3) is 0 Å². The second-order valence-electron chi connectivity index (χ2n) is 17.9. The minimum atomic E-state index is -1.86. The number of aromatic nitrogens is 3. The van der Waals surface area contributed by atoms with E-state index in [2.05, 4.69) is 186 Å². The number of para-hydroxylation sites is 2. The number of hydrogen-bond donors (Lipinski definition) is 0. The summed E-state index contributed by atoms with van der Waals surface area (Å²) >= 11 is -1.86. The van der Waals surface area contributed by atoms with Crippen molar-refractivity contribution in [3.63, 3.8) is 0 Å². The molecular weight excluding hydrogens is 971 g/mol. The third-order valence-electron chi connectivity index (χ3n) is 11.1. The predicted octanol–water partition coefficient (Wildman–Crippen LogP) is 14.4. The van der Waals surface area contributed by atoms with Gasteiger partial charge in [-0.25, -0.2) is 0 Å². The largest absolute Gasteiger partial charge is 0.557 e. The summed E-state index contributed by atoms with van der Waals surface area (Å²) in [5.41, 5.74) is 15.1. The van der Waals surface area contributed by atoms with Gasteiger partial charge in [-0.1, -0.05) is 118 Å². The van der Waals surface area contributed by atoms with Crippen molar-refractivity contribution in [1.82, 2.24) is 14.5 Å². The van der Waals surface area contributed by atoms with E-state index in [0.717, 1.165) is 63.9 Å². The van der Waals surface area contributed by atoms with E-state index < -0.39 is 13.3 Å². The number of rotatable bonds is 11. The maximum Gasteiger partial charge on any atom is 0.0774 e. The zero-order chi connectivity index (χ0) is 41.8. The summed E-state index contributed by atoms with van der Waals surface area (Å²) in [5, 5.41) is 1.07. The average Bonchev–Trinajstić information content (AvgIpc) is 3.82. The first kappa shape index (κ1) is 45.0. The van der Waals surface area contributed by atoms with Crippen LogP contribution < -0.4 is 4.40 Å². The van der Waals surface area contributed by atoms with Crippen LogP contribution >= 0.6 is 0 Å². The van der Waals surface area contributed by atoms with Crippen LogP contribution in [0.1, 0.15) is 89.0 Å².